The van der Waals surface area contributed by atoms with Crippen LogP contribution in [0.25, 0.3) is 114 Å². The number of hydrogen-bond acceptors (Lipinski definition) is 4. The van der Waals surface area contributed by atoms with Crippen molar-refractivity contribution in [3.63, 3.8) is 0 Å². The van der Waals surface area contributed by atoms with E-state index in [1.807, 2.05) is 29.5 Å². The van der Waals surface area contributed by atoms with E-state index in [0.717, 1.165) is 44.3 Å². The maximum absolute atomic E-state index is 6.58. The molecule has 0 saturated carbocycles. The lowest BCUT2D eigenvalue weighted by atomic mass is 9.99. The first-order chi connectivity index (χ1) is 26.3. The molecule has 246 valence electrons. The standard InChI is InChI=1S/C48H27N3OS/c1-2-12-31-27-32(26-23-28(31)11-1)29-21-24-30(25-22-29)43-46-44(36-16-6-9-19-39(36)52-46)50-48(49-43)51-38-18-8-5-15-35(38)42-45(51)34-14-4-3-13-33(34)41-37-17-7-10-20-40(37)53-47(41)42/h1-27H. The van der Waals surface area contributed by atoms with Crippen LogP contribution in [0.2, 0.25) is 0 Å². The van der Waals surface area contributed by atoms with Gasteiger partial charge in [0.25, 0.3) is 0 Å². The van der Waals surface area contributed by atoms with Crippen LogP contribution in [0.5, 0.6) is 0 Å². The van der Waals surface area contributed by atoms with Crippen LogP contribution in [-0.4, -0.2) is 14.5 Å². The fourth-order valence-electron chi connectivity index (χ4n) is 8.39. The Bertz CT molecular complexity index is 3460. The van der Waals surface area contributed by atoms with Crippen LogP contribution in [-0.2, 0) is 0 Å². The number of aromatic nitrogens is 3. The second kappa shape index (κ2) is 10.8. The fraction of sp³-hybridized carbons (Fsp3) is 0. The quantitative estimate of drug-likeness (QED) is 0.185. The van der Waals surface area contributed by atoms with Crippen molar-refractivity contribution in [2.24, 2.45) is 0 Å². The third-order valence-electron chi connectivity index (χ3n) is 10.8. The van der Waals surface area contributed by atoms with Crippen LogP contribution >= 0.6 is 11.3 Å². The summed E-state index contributed by atoms with van der Waals surface area (Å²) in [5.41, 5.74) is 8.54. The van der Waals surface area contributed by atoms with Gasteiger partial charge in [0.2, 0.25) is 5.95 Å². The summed E-state index contributed by atoms with van der Waals surface area (Å²) >= 11 is 1.87. The lowest BCUT2D eigenvalue weighted by Crippen LogP contribution is -2.03. The Morgan fingerprint density at radius 1 is 0.491 bits per heavy atom. The predicted octanol–water partition coefficient (Wildman–Crippen LogP) is 13.5. The van der Waals surface area contributed by atoms with E-state index >= 15 is 0 Å². The Kier molecular flexibility index (Phi) is 5.90. The first-order valence-electron chi connectivity index (χ1n) is 17.8. The highest BCUT2D eigenvalue weighted by Crippen LogP contribution is 2.48. The van der Waals surface area contributed by atoms with Gasteiger partial charge in [0.05, 0.1) is 11.0 Å². The number of fused-ring (bicyclic) bond motifs is 14. The number of nitrogens with zero attached hydrogens (tertiary/aromatic N) is 3. The summed E-state index contributed by atoms with van der Waals surface area (Å²) in [6.07, 6.45) is 0. The molecule has 0 spiro atoms. The van der Waals surface area contributed by atoms with E-state index in [-0.39, 0.29) is 0 Å². The minimum atomic E-state index is 0.620. The third-order valence-corrected chi connectivity index (χ3v) is 12.0. The highest BCUT2D eigenvalue weighted by Gasteiger charge is 2.25. The summed E-state index contributed by atoms with van der Waals surface area (Å²) in [6, 6.07) is 58.2. The molecular formula is C48H27N3OS. The minimum Gasteiger partial charge on any atom is -0.452 e. The Morgan fingerprint density at radius 2 is 1.15 bits per heavy atom. The smallest absolute Gasteiger partial charge is 0.236 e. The molecule has 5 heteroatoms. The number of para-hydroxylation sites is 2. The van der Waals surface area contributed by atoms with Gasteiger partial charge < -0.3 is 4.42 Å². The maximum Gasteiger partial charge on any atom is 0.236 e. The molecule has 12 aromatic rings. The molecule has 4 nitrogen and oxygen atoms in total. The Labute approximate surface area is 306 Å². The minimum absolute atomic E-state index is 0.620. The number of thiophene rings is 1. The largest absolute Gasteiger partial charge is 0.452 e. The van der Waals surface area contributed by atoms with Gasteiger partial charge in [-0.2, -0.15) is 0 Å². The molecule has 12 rings (SSSR count). The Hall–Kier alpha value is -6.82. The van der Waals surface area contributed by atoms with Crippen LogP contribution in [0.4, 0.5) is 0 Å². The molecule has 0 fully saturated rings. The van der Waals surface area contributed by atoms with E-state index in [4.69, 9.17) is 14.4 Å². The molecule has 0 radical (unpaired) electrons. The molecule has 0 amide bonds. The molecule has 0 aliphatic carbocycles. The summed E-state index contributed by atoms with van der Waals surface area (Å²) in [4.78, 5) is 10.8. The first-order valence-corrected chi connectivity index (χ1v) is 18.6. The molecule has 8 aromatic carbocycles. The molecular weight excluding hydrogens is 667 g/mol. The predicted molar refractivity (Wildman–Crippen MR) is 222 cm³/mol. The van der Waals surface area contributed by atoms with Gasteiger partial charge in [0.1, 0.15) is 16.8 Å². The molecule has 4 heterocycles. The molecule has 53 heavy (non-hydrogen) atoms. The number of hydrogen-bond donors (Lipinski definition) is 0. The second-order valence-electron chi connectivity index (χ2n) is 13.7. The van der Waals surface area contributed by atoms with E-state index in [0.29, 0.717) is 11.5 Å². The maximum atomic E-state index is 6.58. The Morgan fingerprint density at radius 3 is 2.02 bits per heavy atom. The topological polar surface area (TPSA) is 43.9 Å². The molecule has 0 N–H and O–H groups in total. The molecule has 4 aromatic heterocycles. The molecule has 0 bridgehead atoms. The zero-order valence-corrected chi connectivity index (χ0v) is 29.1. The van der Waals surface area contributed by atoms with Crippen LogP contribution in [0.3, 0.4) is 0 Å². The van der Waals surface area contributed by atoms with Crippen molar-refractivity contribution in [3.05, 3.63) is 164 Å². The van der Waals surface area contributed by atoms with E-state index in [1.165, 1.54) is 58.1 Å². The SMILES string of the molecule is c1ccc2cc(-c3ccc(-c4nc(-n5c6ccccc6c6c7sc8ccccc8c7c7ccccc7c65)nc5c4oc4ccccc45)cc3)ccc2c1. The third kappa shape index (κ3) is 4.11. The summed E-state index contributed by atoms with van der Waals surface area (Å²) < 4.78 is 11.4. The summed E-state index contributed by atoms with van der Waals surface area (Å²) in [6.45, 7) is 0. The van der Waals surface area contributed by atoms with Gasteiger partial charge in [-0.05, 0) is 57.6 Å². The molecule has 0 aliphatic heterocycles. The highest BCUT2D eigenvalue weighted by molar-refractivity contribution is 7.27. The van der Waals surface area contributed by atoms with Crippen LogP contribution in [0.15, 0.2) is 168 Å². The van der Waals surface area contributed by atoms with Crippen molar-refractivity contribution in [1.29, 1.82) is 0 Å². The van der Waals surface area contributed by atoms with E-state index in [2.05, 4.69) is 150 Å². The van der Waals surface area contributed by atoms with Crippen molar-refractivity contribution < 1.29 is 4.42 Å². The van der Waals surface area contributed by atoms with Crippen molar-refractivity contribution in [3.8, 4) is 28.3 Å². The molecule has 0 saturated heterocycles. The number of rotatable bonds is 3. The van der Waals surface area contributed by atoms with E-state index in [1.54, 1.807) is 0 Å². The average Bonchev–Trinajstić information content (AvgIpc) is 3.91. The number of benzene rings is 8. The van der Waals surface area contributed by atoms with E-state index in [9.17, 15) is 0 Å². The van der Waals surface area contributed by atoms with Gasteiger partial charge >= 0.3 is 0 Å². The van der Waals surface area contributed by atoms with Gasteiger partial charge in [-0.3, -0.25) is 4.57 Å². The zero-order chi connectivity index (χ0) is 34.6. The van der Waals surface area contributed by atoms with E-state index < -0.39 is 0 Å². The van der Waals surface area contributed by atoms with Crippen molar-refractivity contribution in [2.45, 2.75) is 0 Å². The lowest BCUT2D eigenvalue weighted by molar-refractivity contribution is 0.666. The fourth-order valence-corrected chi connectivity index (χ4v) is 9.67. The second-order valence-corrected chi connectivity index (χ2v) is 14.8. The number of furan rings is 1. The van der Waals surface area contributed by atoms with Gasteiger partial charge in [0, 0.05) is 47.3 Å². The average molecular weight is 694 g/mol. The van der Waals surface area contributed by atoms with Crippen LogP contribution in [0.1, 0.15) is 0 Å². The van der Waals surface area contributed by atoms with Crippen molar-refractivity contribution >= 4 is 96.9 Å². The zero-order valence-electron chi connectivity index (χ0n) is 28.2. The summed E-state index contributed by atoms with van der Waals surface area (Å²) in [5, 5.41) is 10.9. The molecule has 0 aliphatic rings. The summed E-state index contributed by atoms with van der Waals surface area (Å²) in [7, 11) is 0. The molecule has 0 unspecified atom stereocenters. The van der Waals surface area contributed by atoms with Gasteiger partial charge in [-0.25, -0.2) is 9.97 Å². The van der Waals surface area contributed by atoms with Crippen LogP contribution in [0, 0.1) is 0 Å². The van der Waals surface area contributed by atoms with Gasteiger partial charge in [-0.1, -0.05) is 133 Å². The first kappa shape index (κ1) is 28.8. The van der Waals surface area contributed by atoms with Crippen LogP contribution < -0.4 is 0 Å². The van der Waals surface area contributed by atoms with Crippen molar-refractivity contribution in [1.82, 2.24) is 14.5 Å². The van der Waals surface area contributed by atoms with Gasteiger partial charge in [-0.15, -0.1) is 11.3 Å². The highest BCUT2D eigenvalue weighted by atomic mass is 32.1. The Balaban J connectivity index is 1.16. The summed E-state index contributed by atoms with van der Waals surface area (Å²) in [5.74, 6) is 0.620. The normalized spacial score (nSPS) is 12.2. The van der Waals surface area contributed by atoms with Gasteiger partial charge in [0.15, 0.2) is 5.58 Å². The van der Waals surface area contributed by atoms with Crippen molar-refractivity contribution in [2.75, 3.05) is 0 Å². The lowest BCUT2D eigenvalue weighted by Gasteiger charge is -2.12. The monoisotopic (exact) mass is 693 g/mol. The molecule has 0 atom stereocenters.